The lowest BCUT2D eigenvalue weighted by molar-refractivity contribution is -0.145. The lowest BCUT2D eigenvalue weighted by Crippen LogP contribution is -2.55. The van der Waals surface area contributed by atoms with Crippen LogP contribution in [0.4, 0.5) is 0 Å². The van der Waals surface area contributed by atoms with E-state index in [-0.39, 0.29) is 5.69 Å². The van der Waals surface area contributed by atoms with Crippen LogP contribution in [0.25, 0.3) is 10.9 Å². The molecule has 0 spiro atoms. The van der Waals surface area contributed by atoms with Gasteiger partial charge in [0.15, 0.2) is 0 Å². The fourth-order valence-electron chi connectivity index (χ4n) is 3.09. The van der Waals surface area contributed by atoms with Gasteiger partial charge in [0.05, 0.1) is 5.02 Å². The van der Waals surface area contributed by atoms with Gasteiger partial charge in [-0.25, -0.2) is 4.79 Å². The van der Waals surface area contributed by atoms with Gasteiger partial charge in [0, 0.05) is 10.9 Å². The summed E-state index contributed by atoms with van der Waals surface area (Å²) in [4.78, 5) is 27.1. The van der Waals surface area contributed by atoms with E-state index >= 15 is 0 Å². The topological polar surface area (TPSA) is 82.2 Å². The fraction of sp³-hybridized carbons (Fsp3) is 0.375. The van der Waals surface area contributed by atoms with Gasteiger partial charge < -0.3 is 15.4 Å². The molecule has 0 unspecified atom stereocenters. The number of carbonyl (C=O) groups is 2. The maximum atomic E-state index is 12.5. The SMILES string of the molecule is O=C(NC1(C(=O)O)CCCCC1)c1[nH]c2ccccc2c1Cl. The number of fused-ring (bicyclic) bond motifs is 1. The Kier molecular flexibility index (Phi) is 3.83. The molecule has 1 fully saturated rings. The molecule has 22 heavy (non-hydrogen) atoms. The second kappa shape index (κ2) is 5.65. The number of carboxylic acid groups (broad SMARTS) is 1. The molecule has 5 nitrogen and oxygen atoms in total. The first kappa shape index (κ1) is 14.9. The van der Waals surface area contributed by atoms with Crippen molar-refractivity contribution in [1.82, 2.24) is 10.3 Å². The van der Waals surface area contributed by atoms with E-state index in [4.69, 9.17) is 11.6 Å². The van der Waals surface area contributed by atoms with Crippen LogP contribution in [-0.4, -0.2) is 27.5 Å². The number of para-hydroxylation sites is 1. The molecule has 1 aromatic heterocycles. The number of carboxylic acids is 1. The first-order chi connectivity index (χ1) is 10.5. The number of carbonyl (C=O) groups excluding carboxylic acids is 1. The molecule has 3 N–H and O–H groups in total. The summed E-state index contributed by atoms with van der Waals surface area (Å²) in [5.74, 6) is -1.45. The zero-order chi connectivity index (χ0) is 15.7. The molecular formula is C16H17ClN2O3. The van der Waals surface area contributed by atoms with E-state index in [1.54, 1.807) is 0 Å². The number of hydrogen-bond acceptors (Lipinski definition) is 2. The predicted molar refractivity (Wildman–Crippen MR) is 84.2 cm³/mol. The lowest BCUT2D eigenvalue weighted by Gasteiger charge is -2.33. The largest absolute Gasteiger partial charge is 0.480 e. The van der Waals surface area contributed by atoms with Gasteiger partial charge in [-0.15, -0.1) is 0 Å². The molecule has 1 aliphatic carbocycles. The smallest absolute Gasteiger partial charge is 0.329 e. The van der Waals surface area contributed by atoms with Gasteiger partial charge in [-0.05, 0) is 18.9 Å². The highest BCUT2D eigenvalue weighted by atomic mass is 35.5. The van der Waals surface area contributed by atoms with Crippen LogP contribution in [0, 0.1) is 0 Å². The average molecular weight is 321 g/mol. The Balaban J connectivity index is 1.92. The van der Waals surface area contributed by atoms with Crippen molar-refractivity contribution in [2.45, 2.75) is 37.6 Å². The van der Waals surface area contributed by atoms with Crippen LogP contribution >= 0.6 is 11.6 Å². The minimum atomic E-state index is -1.18. The quantitative estimate of drug-likeness (QED) is 0.811. The molecule has 1 amide bonds. The number of H-pyrrole nitrogens is 1. The zero-order valence-corrected chi connectivity index (χ0v) is 12.7. The van der Waals surface area contributed by atoms with E-state index in [9.17, 15) is 14.7 Å². The van der Waals surface area contributed by atoms with Gasteiger partial charge in [0.25, 0.3) is 5.91 Å². The Hall–Kier alpha value is -2.01. The van der Waals surface area contributed by atoms with Crippen molar-refractivity contribution in [3.63, 3.8) is 0 Å². The van der Waals surface area contributed by atoms with E-state index in [0.29, 0.717) is 17.9 Å². The van der Waals surface area contributed by atoms with Crippen LogP contribution in [0.3, 0.4) is 0 Å². The molecule has 1 saturated carbocycles. The molecular weight excluding hydrogens is 304 g/mol. The van der Waals surface area contributed by atoms with Crippen molar-refractivity contribution in [1.29, 1.82) is 0 Å². The highest BCUT2D eigenvalue weighted by molar-refractivity contribution is 6.38. The number of aromatic nitrogens is 1. The number of aliphatic carboxylic acids is 1. The number of rotatable bonds is 3. The fourth-order valence-corrected chi connectivity index (χ4v) is 3.39. The third kappa shape index (κ3) is 2.46. The first-order valence-corrected chi connectivity index (χ1v) is 7.73. The molecule has 0 saturated heterocycles. The van der Waals surface area contributed by atoms with E-state index in [1.807, 2.05) is 24.3 Å². The summed E-state index contributed by atoms with van der Waals surface area (Å²) < 4.78 is 0. The van der Waals surface area contributed by atoms with Gasteiger partial charge >= 0.3 is 5.97 Å². The maximum absolute atomic E-state index is 12.5. The van der Waals surface area contributed by atoms with E-state index in [1.165, 1.54) is 0 Å². The number of benzene rings is 1. The van der Waals surface area contributed by atoms with Gasteiger partial charge in [-0.1, -0.05) is 49.1 Å². The van der Waals surface area contributed by atoms with Crippen molar-refractivity contribution in [3.05, 3.63) is 35.0 Å². The summed E-state index contributed by atoms with van der Waals surface area (Å²) in [5.41, 5.74) is -0.213. The molecule has 0 atom stereocenters. The highest BCUT2D eigenvalue weighted by Gasteiger charge is 2.41. The number of amides is 1. The number of hydrogen-bond donors (Lipinski definition) is 3. The molecule has 0 radical (unpaired) electrons. The molecule has 6 heteroatoms. The second-order valence-electron chi connectivity index (χ2n) is 5.76. The Morgan fingerprint density at radius 1 is 1.18 bits per heavy atom. The van der Waals surface area contributed by atoms with Crippen molar-refractivity contribution in [2.75, 3.05) is 0 Å². The molecule has 1 heterocycles. The summed E-state index contributed by atoms with van der Waals surface area (Å²) in [5, 5.41) is 13.3. The molecule has 0 aliphatic heterocycles. The Morgan fingerprint density at radius 2 is 1.86 bits per heavy atom. The lowest BCUT2D eigenvalue weighted by atomic mass is 9.81. The first-order valence-electron chi connectivity index (χ1n) is 7.36. The summed E-state index contributed by atoms with van der Waals surface area (Å²) in [6.07, 6.45) is 3.50. The summed E-state index contributed by atoms with van der Waals surface area (Å²) in [7, 11) is 0. The summed E-state index contributed by atoms with van der Waals surface area (Å²) in [6, 6.07) is 7.32. The minimum Gasteiger partial charge on any atom is -0.480 e. The molecule has 2 aromatic rings. The minimum absolute atomic E-state index is 0.217. The second-order valence-corrected chi connectivity index (χ2v) is 6.14. The molecule has 116 valence electrons. The van der Waals surface area contributed by atoms with Crippen molar-refractivity contribution in [3.8, 4) is 0 Å². The maximum Gasteiger partial charge on any atom is 0.329 e. The van der Waals surface area contributed by atoms with E-state index in [2.05, 4.69) is 10.3 Å². The Labute approximate surface area is 132 Å². The standard InChI is InChI=1S/C16H17ClN2O3/c17-12-10-6-2-3-7-11(10)18-13(12)14(20)19-16(15(21)22)8-4-1-5-9-16/h2-3,6-7,18H,1,4-5,8-9H2,(H,19,20)(H,21,22). The van der Waals surface area contributed by atoms with Gasteiger partial charge in [-0.3, -0.25) is 4.79 Å². The molecule has 1 aliphatic rings. The Morgan fingerprint density at radius 3 is 2.50 bits per heavy atom. The van der Waals surface area contributed by atoms with E-state index < -0.39 is 17.4 Å². The molecule has 1 aromatic carbocycles. The highest BCUT2D eigenvalue weighted by Crippen LogP contribution is 2.31. The van der Waals surface area contributed by atoms with Crippen molar-refractivity contribution < 1.29 is 14.7 Å². The van der Waals surface area contributed by atoms with Gasteiger partial charge in [-0.2, -0.15) is 0 Å². The number of halogens is 1. The predicted octanol–water partition coefficient (Wildman–Crippen LogP) is 3.34. The van der Waals surface area contributed by atoms with Crippen molar-refractivity contribution in [2.24, 2.45) is 0 Å². The number of nitrogens with one attached hydrogen (secondary N) is 2. The van der Waals surface area contributed by atoms with E-state index in [0.717, 1.165) is 30.2 Å². The normalized spacial score (nSPS) is 17.3. The monoisotopic (exact) mass is 320 g/mol. The summed E-state index contributed by atoms with van der Waals surface area (Å²) >= 11 is 6.26. The average Bonchev–Trinajstić information content (AvgIpc) is 2.86. The van der Waals surface area contributed by atoms with Crippen molar-refractivity contribution >= 4 is 34.4 Å². The van der Waals surface area contributed by atoms with Crippen LogP contribution < -0.4 is 5.32 Å². The van der Waals surface area contributed by atoms with Gasteiger partial charge in [0.1, 0.15) is 11.2 Å². The van der Waals surface area contributed by atoms with Crippen LogP contribution in [0.1, 0.15) is 42.6 Å². The Bertz CT molecular complexity index is 732. The summed E-state index contributed by atoms with van der Waals surface area (Å²) in [6.45, 7) is 0. The van der Waals surface area contributed by atoms with Crippen LogP contribution in [0.5, 0.6) is 0 Å². The molecule has 3 rings (SSSR count). The number of aromatic amines is 1. The van der Waals surface area contributed by atoms with Gasteiger partial charge in [0.2, 0.25) is 0 Å². The third-order valence-corrected chi connectivity index (χ3v) is 4.73. The molecule has 0 bridgehead atoms. The zero-order valence-electron chi connectivity index (χ0n) is 12.0. The van der Waals surface area contributed by atoms with Crippen LogP contribution in [-0.2, 0) is 4.79 Å². The van der Waals surface area contributed by atoms with Crippen LogP contribution in [0.15, 0.2) is 24.3 Å². The van der Waals surface area contributed by atoms with Crippen LogP contribution in [0.2, 0.25) is 5.02 Å². The third-order valence-electron chi connectivity index (χ3n) is 4.34.